The number of hydrogen-bond acceptors (Lipinski definition) is 13. The third-order valence-electron chi connectivity index (χ3n) is 18.0. The van der Waals surface area contributed by atoms with Crippen LogP contribution in [0.1, 0.15) is 85.7 Å². The van der Waals surface area contributed by atoms with E-state index >= 15 is 8.78 Å². The first kappa shape index (κ1) is 47.4. The number of pyridine rings is 1. The van der Waals surface area contributed by atoms with E-state index in [0.717, 1.165) is 135 Å². The van der Waals surface area contributed by atoms with E-state index in [0.29, 0.717) is 76.7 Å². The van der Waals surface area contributed by atoms with Gasteiger partial charge in [0.1, 0.15) is 35.5 Å². The van der Waals surface area contributed by atoms with Crippen molar-refractivity contribution >= 4 is 50.9 Å². The maximum Gasteiger partial charge on any atom is 0.319 e. The fraction of sp³-hybridized carbons (Fsp3) is 0.509. The number of fused-ring (bicyclic) bond motifs is 6. The molecule has 0 saturated carbocycles. The zero-order valence-corrected chi connectivity index (χ0v) is 41.8. The molecule has 3 aromatic carbocycles. The van der Waals surface area contributed by atoms with Gasteiger partial charge in [-0.25, -0.2) is 8.78 Å². The van der Waals surface area contributed by atoms with Gasteiger partial charge < -0.3 is 29.7 Å². The number of carbonyl (C=O) groups is 3. The van der Waals surface area contributed by atoms with E-state index in [2.05, 4.69) is 52.1 Å². The third kappa shape index (κ3) is 8.51. The number of nitrogens with zero attached hydrogens (tertiary/aromatic N) is 9. The van der Waals surface area contributed by atoms with Crippen molar-refractivity contribution in [3.05, 3.63) is 83.1 Å². The molecule has 2 N–H and O–H groups in total. The van der Waals surface area contributed by atoms with Crippen LogP contribution in [0.25, 0.3) is 32.9 Å². The molecular formula is C57H63F2N11O4. The number of piperidine rings is 2. The molecule has 10 heterocycles. The molecule has 0 spiro atoms. The number of carbonyl (C=O) groups excluding carboxylic acids is 3. The van der Waals surface area contributed by atoms with Crippen molar-refractivity contribution in [3.63, 3.8) is 0 Å². The molecule has 0 aliphatic carbocycles. The summed E-state index contributed by atoms with van der Waals surface area (Å²) in [6.45, 7) is 11.7. The smallest absolute Gasteiger partial charge is 0.319 e. The minimum Gasteiger partial charge on any atom is -0.461 e. The lowest BCUT2D eigenvalue weighted by atomic mass is 9.95. The van der Waals surface area contributed by atoms with Crippen molar-refractivity contribution in [1.82, 2.24) is 45.2 Å². The summed E-state index contributed by atoms with van der Waals surface area (Å²) in [6, 6.07) is 15.1. The fourth-order valence-electron chi connectivity index (χ4n) is 14.1. The molecule has 0 radical (unpaired) electrons. The number of aromatic nitrogens is 3. The molecule has 5 aromatic rings. The van der Waals surface area contributed by atoms with Crippen LogP contribution in [0, 0.1) is 29.9 Å². The van der Waals surface area contributed by atoms with Gasteiger partial charge in [0, 0.05) is 125 Å². The summed E-state index contributed by atoms with van der Waals surface area (Å²) in [5.41, 5.74) is 3.26. The Morgan fingerprint density at radius 1 is 0.824 bits per heavy atom. The van der Waals surface area contributed by atoms with Crippen LogP contribution in [-0.4, -0.2) is 161 Å². The highest BCUT2D eigenvalue weighted by molar-refractivity contribution is 6.06. The summed E-state index contributed by atoms with van der Waals surface area (Å²) >= 11 is 0. The minimum absolute atomic E-state index is 0.0546. The molecule has 8 aliphatic heterocycles. The molecule has 7 saturated heterocycles. The Bertz CT molecular complexity index is 3100. The second-order valence-corrected chi connectivity index (χ2v) is 22.3. The summed E-state index contributed by atoms with van der Waals surface area (Å²) in [5, 5.41) is 7.75. The Kier molecular flexibility index (Phi) is 12.2. The first-order valence-corrected chi connectivity index (χ1v) is 27.0. The van der Waals surface area contributed by atoms with Crippen LogP contribution >= 0.6 is 0 Å². The van der Waals surface area contributed by atoms with Crippen molar-refractivity contribution in [2.45, 2.75) is 100 Å². The molecular weight excluding hydrogens is 941 g/mol. The molecule has 8 aliphatic rings. The summed E-state index contributed by atoms with van der Waals surface area (Å²) in [4.78, 5) is 66.4. The van der Waals surface area contributed by atoms with Gasteiger partial charge in [0.25, 0.3) is 5.91 Å². The SMILES string of the molecule is C#Cc1c(F)ccc2cccc(-c3ncc4c(N5CC6CCC(C5)N6)nc(OC[C@]56CCCN5[C@H](CN5CCN(CC7CCN(c8ccc9c(c8)CN(C8CCC(=O)NC8=O)C9=O)CC7)CC5)CC6)nc4c3F)c12. The van der Waals surface area contributed by atoms with E-state index < -0.39 is 17.7 Å². The van der Waals surface area contributed by atoms with E-state index in [4.69, 9.17) is 21.1 Å². The Morgan fingerprint density at radius 3 is 2.41 bits per heavy atom. The highest BCUT2D eigenvalue weighted by Crippen LogP contribution is 2.44. The number of ether oxygens (including phenoxy) is 1. The zero-order valence-electron chi connectivity index (χ0n) is 41.8. The Hall–Kier alpha value is -6.32. The van der Waals surface area contributed by atoms with Crippen LogP contribution < -0.4 is 25.2 Å². The van der Waals surface area contributed by atoms with Crippen LogP contribution in [0.2, 0.25) is 0 Å². The number of nitrogens with one attached hydrogen (secondary N) is 2. The molecule has 2 aromatic heterocycles. The van der Waals surface area contributed by atoms with Gasteiger partial charge >= 0.3 is 6.01 Å². The van der Waals surface area contributed by atoms with E-state index in [9.17, 15) is 14.4 Å². The van der Waals surface area contributed by atoms with Crippen molar-refractivity contribution < 1.29 is 27.9 Å². The highest BCUT2D eigenvalue weighted by atomic mass is 19.1. The number of piperazine rings is 2. The Labute approximate surface area is 430 Å². The van der Waals surface area contributed by atoms with Crippen LogP contribution in [-0.2, 0) is 16.1 Å². The van der Waals surface area contributed by atoms with Crippen LogP contribution in [0.15, 0.2) is 54.7 Å². The average Bonchev–Trinajstić information content (AvgIpc) is 4.18. The molecule has 3 amide bonds. The van der Waals surface area contributed by atoms with Gasteiger partial charge in [-0.1, -0.05) is 30.2 Å². The van der Waals surface area contributed by atoms with Gasteiger partial charge in [-0.3, -0.25) is 34.5 Å². The number of amides is 3. The quantitative estimate of drug-likeness (QED) is 0.123. The summed E-state index contributed by atoms with van der Waals surface area (Å²) < 4.78 is 39.0. The van der Waals surface area contributed by atoms with E-state index in [1.807, 2.05) is 18.2 Å². The normalized spacial score (nSPS) is 26.8. The maximum atomic E-state index is 17.2. The number of hydrogen-bond donors (Lipinski definition) is 2. The highest BCUT2D eigenvalue weighted by Gasteiger charge is 2.50. The average molecular weight is 1000 g/mol. The number of anilines is 2. The van der Waals surface area contributed by atoms with Gasteiger partial charge in [-0.2, -0.15) is 9.97 Å². The van der Waals surface area contributed by atoms with Crippen LogP contribution in [0.4, 0.5) is 20.3 Å². The third-order valence-corrected chi connectivity index (χ3v) is 18.0. The minimum atomic E-state index is -0.615. The van der Waals surface area contributed by atoms with Gasteiger partial charge in [0.15, 0.2) is 5.82 Å². The molecule has 7 fully saturated rings. The number of halogens is 2. The second kappa shape index (κ2) is 19.1. The zero-order chi connectivity index (χ0) is 50.2. The summed E-state index contributed by atoms with van der Waals surface area (Å²) in [5.74, 6) is 1.81. The predicted molar refractivity (Wildman–Crippen MR) is 278 cm³/mol. The summed E-state index contributed by atoms with van der Waals surface area (Å²) in [6.07, 6.45) is 16.8. The first-order valence-electron chi connectivity index (χ1n) is 27.0. The standard InChI is InChI=1S/C57H63F2N11O4/c1-2-42-46(58)12-7-36-5-3-6-44(49(36)42)51-50(59)52-45(28-60-51)53(68-31-38-8-9-39(32-68)61-38)64-56(63-52)74-34-57-18-4-20-70(57)41(15-19-57)33-66-25-23-65(24-26-66)29-35-16-21-67(22-17-35)40-10-11-43-37(27-40)30-69(55(43)73)47-13-14-48(71)62-54(47)72/h1,3,5-7,10-12,27-28,35,38-39,41,47,61H,4,8-9,13-26,29-34H2,(H,62,71,72)/t38?,39?,41-,47?,57+/m0/s1. The van der Waals surface area contributed by atoms with Crippen molar-refractivity contribution in [3.8, 4) is 29.6 Å². The maximum absolute atomic E-state index is 17.2. The molecule has 17 heteroatoms. The molecule has 13 rings (SSSR count). The number of benzene rings is 3. The predicted octanol–water partition coefficient (Wildman–Crippen LogP) is 5.72. The topological polar surface area (TPSA) is 143 Å². The van der Waals surface area contributed by atoms with Gasteiger partial charge in [0.2, 0.25) is 11.8 Å². The Balaban J connectivity index is 0.641. The number of rotatable bonds is 11. The molecule has 74 heavy (non-hydrogen) atoms. The monoisotopic (exact) mass is 1000 g/mol. The van der Waals surface area contributed by atoms with Crippen molar-refractivity contribution in [1.29, 1.82) is 0 Å². The molecule has 384 valence electrons. The lowest BCUT2D eigenvalue weighted by molar-refractivity contribution is -0.136. The van der Waals surface area contributed by atoms with Gasteiger partial charge in [-0.15, -0.1) is 6.42 Å². The number of terminal acetylenes is 1. The molecule has 5 atom stereocenters. The largest absolute Gasteiger partial charge is 0.461 e. The van der Waals surface area contributed by atoms with Crippen LogP contribution in [0.3, 0.4) is 0 Å². The molecule has 15 nitrogen and oxygen atoms in total. The molecule has 2 bridgehead atoms. The van der Waals surface area contributed by atoms with E-state index in [1.165, 1.54) is 6.07 Å². The second-order valence-electron chi connectivity index (χ2n) is 22.3. The number of imide groups is 1. The molecule has 3 unspecified atom stereocenters. The van der Waals surface area contributed by atoms with Gasteiger partial charge in [0.05, 0.1) is 16.5 Å². The van der Waals surface area contributed by atoms with Crippen molar-refractivity contribution in [2.75, 3.05) is 88.4 Å². The van der Waals surface area contributed by atoms with Gasteiger partial charge in [-0.05, 0) is 105 Å². The Morgan fingerprint density at radius 2 is 1.62 bits per heavy atom. The lowest BCUT2D eigenvalue weighted by Gasteiger charge is -2.41. The van der Waals surface area contributed by atoms with E-state index in [1.54, 1.807) is 29.3 Å². The first-order chi connectivity index (χ1) is 36.1. The fourth-order valence-corrected chi connectivity index (χ4v) is 14.1. The van der Waals surface area contributed by atoms with Crippen molar-refractivity contribution in [2.24, 2.45) is 5.92 Å². The van der Waals surface area contributed by atoms with Crippen LogP contribution in [0.5, 0.6) is 6.01 Å². The van der Waals surface area contributed by atoms with E-state index in [-0.39, 0.29) is 52.5 Å². The summed E-state index contributed by atoms with van der Waals surface area (Å²) in [7, 11) is 0. The lowest BCUT2D eigenvalue weighted by Crippen LogP contribution is -2.53.